The van der Waals surface area contributed by atoms with E-state index in [1.54, 1.807) is 6.07 Å². The van der Waals surface area contributed by atoms with Gasteiger partial charge in [0.25, 0.3) is 5.69 Å². The second kappa shape index (κ2) is 6.33. The van der Waals surface area contributed by atoms with Crippen molar-refractivity contribution in [2.45, 2.75) is 13.3 Å². The Balaban J connectivity index is 1.96. The number of anilines is 1. The normalized spacial score (nSPS) is 21.6. The third kappa shape index (κ3) is 3.16. The molecule has 23 heavy (non-hydrogen) atoms. The second-order valence-corrected chi connectivity index (χ2v) is 5.70. The first-order valence-electron chi connectivity index (χ1n) is 7.54. The maximum Gasteiger partial charge on any atom is 0.293 e. The summed E-state index contributed by atoms with van der Waals surface area (Å²) < 4.78 is 5.29. The van der Waals surface area contributed by atoms with Crippen LogP contribution in [0.4, 0.5) is 11.4 Å². The molecule has 0 radical (unpaired) electrons. The van der Waals surface area contributed by atoms with Crippen molar-refractivity contribution in [1.82, 2.24) is 5.43 Å². The fourth-order valence-corrected chi connectivity index (χ4v) is 2.90. The Kier molecular flexibility index (Phi) is 4.24. The van der Waals surface area contributed by atoms with Gasteiger partial charge in [0.1, 0.15) is 5.69 Å². The predicted molar refractivity (Wildman–Crippen MR) is 84.6 cm³/mol. The molecule has 0 saturated carbocycles. The number of nitrogens with one attached hydrogen (secondary N) is 1. The molecule has 1 aromatic rings. The van der Waals surface area contributed by atoms with Gasteiger partial charge in [-0.25, -0.2) is 5.43 Å². The molecular weight excluding hydrogens is 300 g/mol. The number of hydrogen-bond acceptors (Lipinski definition) is 6. The Morgan fingerprint density at radius 3 is 2.78 bits per heavy atom. The van der Waals surface area contributed by atoms with E-state index in [0.717, 1.165) is 0 Å². The highest BCUT2D eigenvalue weighted by molar-refractivity contribution is 6.06. The van der Waals surface area contributed by atoms with E-state index in [1.807, 2.05) is 17.9 Å². The fourth-order valence-electron chi connectivity index (χ4n) is 2.90. The fraction of sp³-hybridized carbons (Fsp3) is 0.467. The van der Waals surface area contributed by atoms with Gasteiger partial charge in [0.2, 0.25) is 5.91 Å². The third-order valence-electron chi connectivity index (χ3n) is 4.08. The van der Waals surface area contributed by atoms with Gasteiger partial charge in [-0.2, -0.15) is 5.10 Å². The summed E-state index contributed by atoms with van der Waals surface area (Å²) >= 11 is 0. The third-order valence-corrected chi connectivity index (χ3v) is 4.08. The summed E-state index contributed by atoms with van der Waals surface area (Å²) in [5.41, 5.74) is 4.42. The summed E-state index contributed by atoms with van der Waals surface area (Å²) in [6.07, 6.45) is 0.331. The number of nitrogens with zero attached hydrogens (tertiary/aromatic N) is 3. The van der Waals surface area contributed by atoms with Crippen LogP contribution in [0.5, 0.6) is 0 Å². The minimum absolute atomic E-state index is 0.0520. The monoisotopic (exact) mass is 318 g/mol. The minimum Gasteiger partial charge on any atom is -0.378 e. The first-order valence-corrected chi connectivity index (χ1v) is 7.54. The van der Waals surface area contributed by atoms with Crippen molar-refractivity contribution in [2.75, 3.05) is 31.2 Å². The lowest BCUT2D eigenvalue weighted by molar-refractivity contribution is -0.384. The molecule has 1 N–H and O–H groups in total. The Labute approximate surface area is 133 Å². The number of benzene rings is 1. The summed E-state index contributed by atoms with van der Waals surface area (Å²) in [5, 5.41) is 15.5. The highest BCUT2D eigenvalue weighted by atomic mass is 16.6. The molecule has 2 aliphatic rings. The van der Waals surface area contributed by atoms with E-state index in [2.05, 4.69) is 10.5 Å². The van der Waals surface area contributed by atoms with Gasteiger partial charge in [0.05, 0.1) is 23.8 Å². The predicted octanol–water partition coefficient (Wildman–Crippen LogP) is 1.29. The maximum atomic E-state index is 11.5. The zero-order valence-corrected chi connectivity index (χ0v) is 12.8. The van der Waals surface area contributed by atoms with Crippen molar-refractivity contribution in [3.63, 3.8) is 0 Å². The molecule has 3 rings (SSSR count). The average molecular weight is 318 g/mol. The number of nitro groups is 1. The molecule has 2 aliphatic heterocycles. The quantitative estimate of drug-likeness (QED) is 0.669. The summed E-state index contributed by atoms with van der Waals surface area (Å²) in [6.45, 7) is 4.28. The van der Waals surface area contributed by atoms with Gasteiger partial charge >= 0.3 is 0 Å². The largest absolute Gasteiger partial charge is 0.378 e. The van der Waals surface area contributed by atoms with Gasteiger partial charge in [0.15, 0.2) is 0 Å². The lowest BCUT2D eigenvalue weighted by Gasteiger charge is -2.28. The number of carbonyl (C=O) groups is 1. The number of nitro benzene ring substituents is 1. The van der Waals surface area contributed by atoms with Crippen molar-refractivity contribution in [2.24, 2.45) is 11.0 Å². The summed E-state index contributed by atoms with van der Waals surface area (Å²) in [5.74, 6) is -0.210. The molecular formula is C15H18N4O4. The van der Waals surface area contributed by atoms with Crippen LogP contribution in [0.1, 0.15) is 18.9 Å². The van der Waals surface area contributed by atoms with Crippen molar-refractivity contribution in [3.8, 4) is 0 Å². The molecule has 1 amide bonds. The van der Waals surface area contributed by atoms with Crippen LogP contribution < -0.4 is 10.3 Å². The number of carbonyl (C=O) groups excluding carboxylic acids is 1. The highest BCUT2D eigenvalue weighted by Crippen LogP contribution is 2.31. The molecule has 8 heteroatoms. The van der Waals surface area contributed by atoms with E-state index in [9.17, 15) is 14.9 Å². The lowest BCUT2D eigenvalue weighted by Crippen LogP contribution is -2.36. The Morgan fingerprint density at radius 2 is 2.13 bits per heavy atom. The molecule has 2 heterocycles. The van der Waals surface area contributed by atoms with Gasteiger partial charge < -0.3 is 9.64 Å². The van der Waals surface area contributed by atoms with Gasteiger partial charge in [-0.3, -0.25) is 14.9 Å². The van der Waals surface area contributed by atoms with Crippen LogP contribution in [0.25, 0.3) is 0 Å². The SMILES string of the molecule is CC1CC(=O)NN=C1c1ccc(N2CCOCC2)c([N+](=O)[O-])c1. The number of morpholine rings is 1. The smallest absolute Gasteiger partial charge is 0.293 e. The summed E-state index contributed by atoms with van der Waals surface area (Å²) in [6, 6.07) is 5.12. The number of rotatable bonds is 3. The summed E-state index contributed by atoms with van der Waals surface area (Å²) in [7, 11) is 0. The molecule has 1 aromatic carbocycles. The molecule has 122 valence electrons. The first kappa shape index (κ1) is 15.4. The first-order chi connectivity index (χ1) is 11.1. The molecule has 1 unspecified atom stereocenters. The van der Waals surface area contributed by atoms with E-state index in [4.69, 9.17) is 4.74 Å². The van der Waals surface area contributed by atoms with Crippen LogP contribution in [0.15, 0.2) is 23.3 Å². The average Bonchev–Trinajstić information content (AvgIpc) is 2.55. The topological polar surface area (TPSA) is 97.1 Å². The molecule has 1 atom stereocenters. The molecule has 0 aromatic heterocycles. The molecule has 1 fully saturated rings. The van der Waals surface area contributed by atoms with Crippen LogP contribution >= 0.6 is 0 Å². The molecule has 8 nitrogen and oxygen atoms in total. The minimum atomic E-state index is -0.374. The molecule has 0 spiro atoms. The number of ether oxygens (including phenoxy) is 1. The van der Waals surface area contributed by atoms with Crippen LogP contribution in [-0.2, 0) is 9.53 Å². The highest BCUT2D eigenvalue weighted by Gasteiger charge is 2.26. The van der Waals surface area contributed by atoms with Gasteiger partial charge in [0, 0.05) is 37.1 Å². The van der Waals surface area contributed by atoms with Crippen LogP contribution in [0.2, 0.25) is 0 Å². The van der Waals surface area contributed by atoms with E-state index in [1.165, 1.54) is 6.07 Å². The van der Waals surface area contributed by atoms with Crippen LogP contribution in [0, 0.1) is 16.0 Å². The van der Waals surface area contributed by atoms with Crippen LogP contribution in [-0.4, -0.2) is 42.8 Å². The summed E-state index contributed by atoms with van der Waals surface area (Å²) in [4.78, 5) is 24.4. The molecule has 1 saturated heterocycles. The number of amides is 1. The van der Waals surface area contributed by atoms with E-state index < -0.39 is 0 Å². The number of hydrazone groups is 1. The van der Waals surface area contributed by atoms with Gasteiger partial charge in [-0.1, -0.05) is 13.0 Å². The van der Waals surface area contributed by atoms with E-state index >= 15 is 0 Å². The Morgan fingerprint density at radius 1 is 1.39 bits per heavy atom. The van der Waals surface area contributed by atoms with Crippen molar-refractivity contribution < 1.29 is 14.5 Å². The second-order valence-electron chi connectivity index (χ2n) is 5.70. The van der Waals surface area contributed by atoms with E-state index in [0.29, 0.717) is 49.7 Å². The number of hydrogen-bond donors (Lipinski definition) is 1. The van der Waals surface area contributed by atoms with Gasteiger partial charge in [-0.05, 0) is 6.07 Å². The molecule has 0 aliphatic carbocycles. The zero-order chi connectivity index (χ0) is 16.4. The zero-order valence-electron chi connectivity index (χ0n) is 12.8. The van der Waals surface area contributed by atoms with Crippen molar-refractivity contribution in [1.29, 1.82) is 0 Å². The van der Waals surface area contributed by atoms with Crippen molar-refractivity contribution >= 4 is 23.0 Å². The molecule has 0 bridgehead atoms. The van der Waals surface area contributed by atoms with Gasteiger partial charge in [-0.15, -0.1) is 0 Å². The van der Waals surface area contributed by atoms with E-state index in [-0.39, 0.29) is 22.4 Å². The van der Waals surface area contributed by atoms with Crippen LogP contribution in [0.3, 0.4) is 0 Å². The standard InChI is InChI=1S/C15H18N4O4/c1-10-8-14(20)16-17-15(10)11-2-3-12(13(9-11)19(21)22)18-4-6-23-7-5-18/h2-3,9-10H,4-8H2,1H3,(H,16,20). The Bertz CT molecular complexity index is 667. The lowest BCUT2D eigenvalue weighted by atomic mass is 9.93. The maximum absolute atomic E-state index is 11.5. The Hall–Kier alpha value is -2.48. The van der Waals surface area contributed by atoms with Crippen molar-refractivity contribution in [3.05, 3.63) is 33.9 Å².